The van der Waals surface area contributed by atoms with Gasteiger partial charge in [0, 0.05) is 11.6 Å². The van der Waals surface area contributed by atoms with Crippen LogP contribution < -0.4 is 5.69 Å². The Balaban J connectivity index is 2.08. The van der Waals surface area contributed by atoms with Crippen LogP contribution in [0, 0.1) is 0 Å². The second kappa shape index (κ2) is 6.05. The number of H-pyrrole nitrogens is 2. The molecule has 2 aromatic heterocycles. The Kier molecular flexibility index (Phi) is 4.12. The van der Waals surface area contributed by atoms with Gasteiger partial charge in [-0.15, -0.1) is 0 Å². The van der Waals surface area contributed by atoms with E-state index >= 15 is 0 Å². The van der Waals surface area contributed by atoms with E-state index in [0.717, 1.165) is 17.3 Å². The standard InChI is InChI=1S/C14H15BrN4O3/c1-3-4-10(21-2)12-18-13(22-19-12)8-5-7(15)6-9-11(8)17-14(20)16-9/h5-6,10H,3-4H2,1-2H3,(H2,16,17,20). The Morgan fingerprint density at radius 2 is 2.23 bits per heavy atom. The third kappa shape index (κ3) is 2.71. The van der Waals surface area contributed by atoms with Gasteiger partial charge in [-0.3, -0.25) is 0 Å². The Labute approximate surface area is 134 Å². The molecule has 0 radical (unpaired) electrons. The minimum Gasteiger partial charge on any atom is -0.373 e. The second-order valence-electron chi connectivity index (χ2n) is 4.93. The number of hydrogen-bond acceptors (Lipinski definition) is 5. The Morgan fingerprint density at radius 1 is 1.41 bits per heavy atom. The first kappa shape index (κ1) is 15.0. The van der Waals surface area contributed by atoms with Crippen molar-refractivity contribution in [1.29, 1.82) is 0 Å². The van der Waals surface area contributed by atoms with E-state index in [4.69, 9.17) is 9.26 Å². The molecule has 0 aliphatic heterocycles. The largest absolute Gasteiger partial charge is 0.373 e. The van der Waals surface area contributed by atoms with Gasteiger partial charge >= 0.3 is 5.69 Å². The molecular weight excluding hydrogens is 352 g/mol. The zero-order chi connectivity index (χ0) is 15.7. The van der Waals surface area contributed by atoms with E-state index in [1.54, 1.807) is 7.11 Å². The predicted molar refractivity (Wildman–Crippen MR) is 84.6 cm³/mol. The lowest BCUT2D eigenvalue weighted by Crippen LogP contribution is -2.03. The van der Waals surface area contributed by atoms with Crippen LogP contribution in [0.2, 0.25) is 0 Å². The first-order valence-electron chi connectivity index (χ1n) is 6.90. The summed E-state index contributed by atoms with van der Waals surface area (Å²) in [7, 11) is 1.62. The highest BCUT2D eigenvalue weighted by molar-refractivity contribution is 9.10. The van der Waals surface area contributed by atoms with Crippen molar-refractivity contribution < 1.29 is 9.26 Å². The van der Waals surface area contributed by atoms with Crippen LogP contribution in [0.4, 0.5) is 0 Å². The quantitative estimate of drug-likeness (QED) is 0.722. The number of fused-ring (bicyclic) bond motifs is 1. The number of aromatic amines is 2. The van der Waals surface area contributed by atoms with Crippen molar-refractivity contribution in [2.45, 2.75) is 25.9 Å². The molecule has 0 amide bonds. The minimum absolute atomic E-state index is 0.199. The number of ether oxygens (including phenoxy) is 1. The number of methoxy groups -OCH3 is 1. The lowest BCUT2D eigenvalue weighted by atomic mass is 10.2. The maximum absolute atomic E-state index is 11.5. The molecule has 0 fully saturated rings. The molecule has 1 unspecified atom stereocenters. The molecule has 7 nitrogen and oxygen atoms in total. The molecular formula is C14H15BrN4O3. The van der Waals surface area contributed by atoms with Crippen LogP contribution in [0.1, 0.15) is 31.7 Å². The van der Waals surface area contributed by atoms with Gasteiger partial charge in [0.15, 0.2) is 0 Å². The van der Waals surface area contributed by atoms with E-state index in [2.05, 4.69) is 43.0 Å². The molecule has 2 heterocycles. The highest BCUT2D eigenvalue weighted by Gasteiger charge is 2.20. The van der Waals surface area contributed by atoms with Gasteiger partial charge in [0.05, 0.1) is 16.6 Å². The van der Waals surface area contributed by atoms with Gasteiger partial charge in [-0.05, 0) is 18.6 Å². The second-order valence-corrected chi connectivity index (χ2v) is 5.84. The van der Waals surface area contributed by atoms with Crippen LogP contribution in [-0.2, 0) is 4.74 Å². The lowest BCUT2D eigenvalue weighted by molar-refractivity contribution is 0.0854. The Hall–Kier alpha value is -1.93. The highest BCUT2D eigenvalue weighted by Crippen LogP contribution is 2.30. The zero-order valence-electron chi connectivity index (χ0n) is 12.1. The smallest absolute Gasteiger partial charge is 0.323 e. The fourth-order valence-corrected chi connectivity index (χ4v) is 2.82. The van der Waals surface area contributed by atoms with Crippen LogP contribution in [-0.4, -0.2) is 27.2 Å². The molecule has 1 aromatic carbocycles. The number of hydrogen-bond donors (Lipinski definition) is 2. The summed E-state index contributed by atoms with van der Waals surface area (Å²) in [5.41, 5.74) is 1.68. The minimum atomic E-state index is -0.283. The first-order chi connectivity index (χ1) is 10.6. The van der Waals surface area contributed by atoms with Crippen LogP contribution in [0.15, 0.2) is 25.9 Å². The van der Waals surface area contributed by atoms with E-state index in [1.165, 1.54) is 0 Å². The van der Waals surface area contributed by atoms with Crippen molar-refractivity contribution in [3.05, 3.63) is 32.9 Å². The monoisotopic (exact) mass is 366 g/mol. The molecule has 1 atom stereocenters. The SMILES string of the molecule is CCCC(OC)c1noc(-c2cc(Br)cc3[nH]c(=O)[nH]c23)n1. The third-order valence-electron chi connectivity index (χ3n) is 3.39. The maximum atomic E-state index is 11.5. The van der Waals surface area contributed by atoms with Crippen molar-refractivity contribution in [2.24, 2.45) is 0 Å². The molecule has 0 aliphatic carbocycles. The molecule has 0 spiro atoms. The molecule has 3 rings (SSSR count). The summed E-state index contributed by atoms with van der Waals surface area (Å²) in [5, 5.41) is 4.00. The number of rotatable bonds is 5. The number of halogens is 1. The molecule has 8 heteroatoms. The normalized spacial score (nSPS) is 12.9. The van der Waals surface area contributed by atoms with Gasteiger partial charge in [0.2, 0.25) is 5.82 Å². The van der Waals surface area contributed by atoms with Gasteiger partial charge in [-0.2, -0.15) is 4.98 Å². The summed E-state index contributed by atoms with van der Waals surface area (Å²) in [6, 6.07) is 3.63. The molecule has 116 valence electrons. The molecule has 22 heavy (non-hydrogen) atoms. The topological polar surface area (TPSA) is 96.8 Å². The third-order valence-corrected chi connectivity index (χ3v) is 3.84. The van der Waals surface area contributed by atoms with E-state index in [1.807, 2.05) is 12.1 Å². The van der Waals surface area contributed by atoms with Crippen LogP contribution in [0.5, 0.6) is 0 Å². The lowest BCUT2D eigenvalue weighted by Gasteiger charge is -2.08. The number of nitrogens with zero attached hydrogens (tertiary/aromatic N) is 2. The van der Waals surface area contributed by atoms with Crippen LogP contribution in [0.25, 0.3) is 22.5 Å². The molecule has 0 saturated heterocycles. The summed E-state index contributed by atoms with van der Waals surface area (Å²) in [6.07, 6.45) is 1.56. The van der Waals surface area contributed by atoms with Crippen molar-refractivity contribution in [3.63, 3.8) is 0 Å². The average Bonchev–Trinajstić information content (AvgIpc) is 3.09. The van der Waals surface area contributed by atoms with Gasteiger partial charge in [-0.1, -0.05) is 34.4 Å². The van der Waals surface area contributed by atoms with E-state index < -0.39 is 0 Å². The summed E-state index contributed by atoms with van der Waals surface area (Å²) >= 11 is 3.41. The summed E-state index contributed by atoms with van der Waals surface area (Å²) in [5.74, 6) is 0.847. The highest BCUT2D eigenvalue weighted by atomic mass is 79.9. The molecule has 0 bridgehead atoms. The van der Waals surface area contributed by atoms with Crippen LogP contribution in [0.3, 0.4) is 0 Å². The van der Waals surface area contributed by atoms with Crippen molar-refractivity contribution in [1.82, 2.24) is 20.1 Å². The number of imidazole rings is 1. The number of aromatic nitrogens is 4. The predicted octanol–water partition coefficient (Wildman–Crippen LogP) is 3.16. The number of nitrogens with one attached hydrogen (secondary N) is 2. The summed E-state index contributed by atoms with van der Waals surface area (Å²) in [4.78, 5) is 21.4. The van der Waals surface area contributed by atoms with E-state index in [-0.39, 0.29) is 11.8 Å². The van der Waals surface area contributed by atoms with E-state index in [0.29, 0.717) is 28.3 Å². The first-order valence-corrected chi connectivity index (χ1v) is 7.70. The molecule has 2 N–H and O–H groups in total. The van der Waals surface area contributed by atoms with Gasteiger partial charge in [-0.25, -0.2) is 4.79 Å². The fourth-order valence-electron chi connectivity index (χ4n) is 2.37. The molecule has 0 saturated carbocycles. The zero-order valence-corrected chi connectivity index (χ0v) is 13.7. The van der Waals surface area contributed by atoms with Crippen LogP contribution >= 0.6 is 15.9 Å². The Morgan fingerprint density at radius 3 is 2.95 bits per heavy atom. The molecule has 3 aromatic rings. The van der Waals surface area contributed by atoms with Gasteiger partial charge < -0.3 is 19.2 Å². The van der Waals surface area contributed by atoms with Crippen molar-refractivity contribution in [3.8, 4) is 11.5 Å². The summed E-state index contributed by atoms with van der Waals surface area (Å²) in [6.45, 7) is 2.06. The van der Waals surface area contributed by atoms with E-state index in [9.17, 15) is 4.79 Å². The average molecular weight is 367 g/mol. The van der Waals surface area contributed by atoms with Crippen molar-refractivity contribution in [2.75, 3.05) is 7.11 Å². The van der Waals surface area contributed by atoms with Gasteiger partial charge in [0.25, 0.3) is 5.89 Å². The Bertz CT molecular complexity index is 851. The molecule has 0 aliphatic rings. The van der Waals surface area contributed by atoms with Crippen molar-refractivity contribution >= 4 is 27.0 Å². The number of benzene rings is 1. The fraction of sp³-hybridized carbons (Fsp3) is 0.357. The summed E-state index contributed by atoms with van der Waals surface area (Å²) < 4.78 is 11.5. The maximum Gasteiger partial charge on any atom is 0.323 e. The van der Waals surface area contributed by atoms with Gasteiger partial charge in [0.1, 0.15) is 6.10 Å².